The summed E-state index contributed by atoms with van der Waals surface area (Å²) in [4.78, 5) is 248. The fourth-order valence-electron chi connectivity index (χ4n) is 16.0. The van der Waals surface area contributed by atoms with Crippen molar-refractivity contribution in [3.05, 3.63) is 84.5 Å². The first-order chi connectivity index (χ1) is 71.6. The zero-order valence-corrected chi connectivity index (χ0v) is 88.5. The van der Waals surface area contributed by atoms with Crippen molar-refractivity contribution < 1.29 is 97.1 Å². The molecule has 0 aliphatic carbocycles. The third-order valence-electron chi connectivity index (χ3n) is 24.9. The molecule has 150 heavy (non-hydrogen) atoms. The summed E-state index contributed by atoms with van der Waals surface area (Å²) in [6, 6.07) is -15.7. The Kier molecular flexibility index (Phi) is 62.9. The average Bonchev–Trinajstić information content (AvgIpc) is 0.971. The van der Waals surface area contributed by atoms with Crippen molar-refractivity contribution in [3.8, 4) is 5.75 Å². The highest BCUT2D eigenvalue weighted by Gasteiger charge is 2.40. The molecule has 16 amide bonds. The molecule has 0 saturated heterocycles. The maximum atomic E-state index is 15.0. The number of rotatable bonds is 81. The topological polar surface area (TPSA) is 834 Å². The number of phenols is 1. The second-order valence-corrected chi connectivity index (χ2v) is 39.0. The molecule has 3 aromatic heterocycles. The number of aromatic amines is 3. The predicted molar refractivity (Wildman–Crippen MR) is 563 cm³/mol. The van der Waals surface area contributed by atoms with Crippen LogP contribution < -0.4 is 124 Å². The highest BCUT2D eigenvalue weighted by Crippen LogP contribution is 2.20. The van der Waals surface area contributed by atoms with Crippen LogP contribution in [-0.2, 0) is 102 Å². The summed E-state index contributed by atoms with van der Waals surface area (Å²) in [6.45, 7) is 9.43. The minimum Gasteiger partial charge on any atom is -0.508 e. The van der Waals surface area contributed by atoms with Crippen molar-refractivity contribution in [3.63, 3.8) is 0 Å². The van der Waals surface area contributed by atoms with E-state index in [0.29, 0.717) is 35.5 Å². The van der Waals surface area contributed by atoms with Crippen LogP contribution in [-0.4, -0.2) is 312 Å². The van der Waals surface area contributed by atoms with E-state index in [-0.39, 0.29) is 133 Å². The number of aromatic nitrogens is 6. The van der Waals surface area contributed by atoms with Crippen LogP contribution in [0.4, 0.5) is 0 Å². The number of hydrogen-bond donors (Lipinski definition) is 32. The molecule has 4 aromatic rings. The minimum atomic E-state index is -1.89. The molecule has 840 valence electrons. The van der Waals surface area contributed by atoms with E-state index < -0.39 is 236 Å². The van der Waals surface area contributed by atoms with Gasteiger partial charge in [0.1, 0.15) is 78.3 Å². The maximum Gasteiger partial charge on any atom is 0.245 e. The number of nitrogens with two attached hydrogens (primary N) is 5. The number of hydrogen-bond acceptors (Lipinski definition) is 29. The Labute approximate surface area is 880 Å². The lowest BCUT2D eigenvalue weighted by atomic mass is 9.96. The Bertz CT molecular complexity index is 4760. The SMILES string of the molecule is CCCCCCCCCCCCCCCC(=O)NC(CO)C(=O)NCC(=O)NC(CCCNC(=N)N)C(=O)NC(CCCNC(N)CCCC)C(=O)NC(CC(C)C)C(=O)NC(Cc1cnc[nH]1)C(=O)NC(CO)C(=O)NC(CNC(CCCNC(=N)N)C(=O)NC(CC(N)=O)C(=O)NC(Cc1ccc(O)cc1)C(=O)NC(C(=O)NC(Cc1cnc[nH]1)C(=O)NC(CCSC)C(=O)NC(Cc1cnc[nH]1)C(N)=O)C(C)CC)C(C)O. The van der Waals surface area contributed by atoms with Gasteiger partial charge in [-0.25, -0.2) is 15.0 Å². The van der Waals surface area contributed by atoms with Gasteiger partial charge in [-0.3, -0.25) is 87.5 Å². The zero-order valence-electron chi connectivity index (χ0n) is 87.7. The standard InChI is InChI=1S/C98H167N31O20S/c1-9-12-14-15-16-17-18-19-20-21-22-23-24-32-81(135)118-77(53-130)85(138)113-52-82(136)117-67(29-27-40-111-98(104)105)87(140)119-68(30-26-38-109-79(99)31-13-10-2)88(141)122-71(42-58(4)5)90(143)124-73(45-63-49-107-56-115-63)92(145)128-78(54-131)95(148)127-76(60(7)132)51-112-66(28-25-39-110-97(102)103)86(139)125-75(47-80(100)134)93(146)123-72(43-61-33-35-65(133)36-34-61)94(147)129-83(59(6)11-3)96(149)126-74(46-64-50-108-57-116-64)91(144)120-69(37-41-150-8)89(142)121-70(84(101)137)44-62-48-106-55-114-62/h33-36,48-50,55-60,66-79,83,109,112,130-133H,9-32,37-47,51-54,99H2,1-8H3,(H2,100,134)(H2,101,137)(H,106,114)(H,107,115)(H,108,116)(H,113,138)(H,117,136)(H,118,135)(H,119,140)(H,120,144)(H,121,142)(H,122,141)(H,123,146)(H,124,143)(H,125,139)(H,126,149)(H,127,148)(H,128,145)(H,129,147)(H4,102,103,110)(H4,104,105,111). The third kappa shape index (κ3) is 52.8. The van der Waals surface area contributed by atoms with Crippen LogP contribution in [0, 0.1) is 22.7 Å². The molecule has 37 N–H and O–H groups in total. The Morgan fingerprint density at radius 2 is 0.807 bits per heavy atom. The number of imidazole rings is 3. The number of aromatic hydroxyl groups is 1. The highest BCUT2D eigenvalue weighted by molar-refractivity contribution is 7.98. The first-order valence-corrected chi connectivity index (χ1v) is 53.3. The molecule has 4 rings (SSSR count). The van der Waals surface area contributed by atoms with Gasteiger partial charge in [-0.1, -0.05) is 150 Å². The van der Waals surface area contributed by atoms with Crippen LogP contribution in [0.5, 0.6) is 5.75 Å². The molecule has 17 unspecified atom stereocenters. The van der Waals surface area contributed by atoms with E-state index in [2.05, 4.69) is 133 Å². The van der Waals surface area contributed by atoms with Crippen LogP contribution in [0.3, 0.4) is 0 Å². The molecular weight excluding hydrogens is 1960 g/mol. The van der Waals surface area contributed by atoms with Gasteiger partial charge >= 0.3 is 0 Å². The number of carbonyl (C=O) groups is 16. The lowest BCUT2D eigenvalue weighted by Crippen LogP contribution is -2.62. The second kappa shape index (κ2) is 73.1. The Hall–Kier alpha value is -13.2. The minimum absolute atomic E-state index is 0.0162. The molecular formula is C98H167N31O20S. The van der Waals surface area contributed by atoms with Gasteiger partial charge < -0.3 is 160 Å². The van der Waals surface area contributed by atoms with Crippen LogP contribution in [0.25, 0.3) is 0 Å². The van der Waals surface area contributed by atoms with Crippen LogP contribution in [0.1, 0.15) is 244 Å². The summed E-state index contributed by atoms with van der Waals surface area (Å²) in [7, 11) is 0. The number of thioether (sulfide) groups is 1. The van der Waals surface area contributed by atoms with E-state index >= 15 is 4.79 Å². The molecule has 51 nitrogen and oxygen atoms in total. The molecule has 52 heteroatoms. The zero-order chi connectivity index (χ0) is 111. The van der Waals surface area contributed by atoms with Crippen LogP contribution >= 0.6 is 11.8 Å². The normalized spacial score (nSPS) is 14.7. The van der Waals surface area contributed by atoms with Gasteiger partial charge in [0.2, 0.25) is 94.5 Å². The summed E-state index contributed by atoms with van der Waals surface area (Å²) < 4.78 is 0. The molecule has 1 aromatic carbocycles. The number of phenolic OH excluding ortho intramolecular Hbond substituents is 1. The lowest BCUT2D eigenvalue weighted by Gasteiger charge is -2.30. The number of nitrogens with one attached hydrogen (secondary N) is 23. The summed E-state index contributed by atoms with van der Waals surface area (Å²) >= 11 is 1.36. The number of aliphatic hydroxyl groups excluding tert-OH is 3. The summed E-state index contributed by atoms with van der Waals surface area (Å²) in [5, 5.41) is 106. The molecule has 3 heterocycles. The Morgan fingerprint density at radius 3 is 1.28 bits per heavy atom. The van der Waals surface area contributed by atoms with E-state index in [0.717, 1.165) is 44.9 Å². The number of aliphatic hydroxyl groups is 3. The molecule has 0 radical (unpaired) electrons. The molecule has 0 spiro atoms. The van der Waals surface area contributed by atoms with E-state index in [4.69, 9.17) is 39.5 Å². The summed E-state index contributed by atoms with van der Waals surface area (Å²) in [5.41, 5.74) is 30.4. The van der Waals surface area contributed by atoms with Gasteiger partial charge in [0.25, 0.3) is 0 Å². The van der Waals surface area contributed by atoms with E-state index in [9.17, 15) is 92.3 Å². The first-order valence-electron chi connectivity index (χ1n) is 51.9. The smallest absolute Gasteiger partial charge is 0.245 e. The number of guanidine groups is 2. The van der Waals surface area contributed by atoms with Gasteiger partial charge in [0.15, 0.2) is 11.9 Å². The fourth-order valence-corrected chi connectivity index (χ4v) is 16.5. The molecule has 17 atom stereocenters. The number of carbonyl (C=O) groups excluding carboxylic acids is 16. The summed E-state index contributed by atoms with van der Waals surface area (Å²) in [5.74, 6) is -16.6. The van der Waals surface area contributed by atoms with Crippen LogP contribution in [0.2, 0.25) is 0 Å². The number of unbranched alkanes of at least 4 members (excludes halogenated alkanes) is 13. The monoisotopic (exact) mass is 2130 g/mol. The molecule has 0 saturated carbocycles. The second-order valence-electron chi connectivity index (χ2n) is 38.1. The average molecular weight is 2130 g/mol. The number of benzene rings is 1. The Balaban J connectivity index is 1.59. The fraction of sp³-hybridized carbons (Fsp3) is 0.663. The molecule has 0 bridgehead atoms. The van der Waals surface area contributed by atoms with E-state index in [1.807, 2.05) is 6.92 Å². The van der Waals surface area contributed by atoms with E-state index in [1.54, 1.807) is 34.0 Å². The quantitative estimate of drug-likeness (QED) is 0.00888. The molecule has 0 aliphatic rings. The van der Waals surface area contributed by atoms with Gasteiger partial charge in [-0.05, 0) is 119 Å². The van der Waals surface area contributed by atoms with Crippen molar-refractivity contribution in [2.24, 2.45) is 40.5 Å². The van der Waals surface area contributed by atoms with Crippen molar-refractivity contribution in [1.29, 1.82) is 10.8 Å². The third-order valence-corrected chi connectivity index (χ3v) is 25.5. The van der Waals surface area contributed by atoms with E-state index in [1.165, 1.54) is 125 Å². The number of primary amides is 2. The van der Waals surface area contributed by atoms with Gasteiger partial charge in [0, 0.05) is 87.4 Å². The highest BCUT2D eigenvalue weighted by atomic mass is 32.2. The predicted octanol–water partition coefficient (Wildman–Crippen LogP) is -3.37. The van der Waals surface area contributed by atoms with Crippen molar-refractivity contribution in [2.75, 3.05) is 57.9 Å². The first kappa shape index (κ1) is 129. The van der Waals surface area contributed by atoms with Gasteiger partial charge in [0.05, 0.1) is 69.5 Å². The molecule has 0 fully saturated rings. The Morgan fingerprint density at radius 1 is 0.407 bits per heavy atom. The van der Waals surface area contributed by atoms with Crippen molar-refractivity contribution in [2.45, 2.75) is 344 Å². The summed E-state index contributed by atoms with van der Waals surface area (Å²) in [6.07, 6.45) is 23.1. The van der Waals surface area contributed by atoms with Crippen molar-refractivity contribution >= 4 is 118 Å². The van der Waals surface area contributed by atoms with Gasteiger partial charge in [-0.15, -0.1) is 0 Å². The largest absolute Gasteiger partial charge is 0.508 e. The number of H-pyrrole nitrogens is 3. The maximum absolute atomic E-state index is 15.0. The van der Waals surface area contributed by atoms with Crippen molar-refractivity contribution in [1.82, 2.24) is 126 Å². The lowest BCUT2D eigenvalue weighted by molar-refractivity contribution is -0.136. The number of nitrogens with zero attached hydrogens (tertiary/aromatic N) is 3. The van der Waals surface area contributed by atoms with Crippen LogP contribution in [0.15, 0.2) is 61.8 Å². The van der Waals surface area contributed by atoms with Gasteiger partial charge in [-0.2, -0.15) is 11.8 Å². The number of amides is 16. The molecule has 0 aliphatic heterocycles.